The molecule has 0 aliphatic carbocycles. The molecule has 3 rings (SSSR count). The highest BCUT2D eigenvalue weighted by Gasteiger charge is 2.44. The van der Waals surface area contributed by atoms with Gasteiger partial charge in [0, 0.05) is 12.2 Å². The summed E-state index contributed by atoms with van der Waals surface area (Å²) in [5.74, 6) is 0.163. The minimum atomic E-state index is -0.643. The molecular formula is C15H20N2O2. The molecule has 1 amide bonds. The fourth-order valence-electron chi connectivity index (χ4n) is 2.92. The van der Waals surface area contributed by atoms with Gasteiger partial charge in [-0.15, -0.1) is 0 Å². The molecule has 2 N–H and O–H groups in total. The van der Waals surface area contributed by atoms with Gasteiger partial charge in [0.15, 0.2) is 0 Å². The Bertz CT molecular complexity index is 495. The lowest BCUT2D eigenvalue weighted by Gasteiger charge is -2.47. The molecule has 0 bridgehead atoms. The van der Waals surface area contributed by atoms with Gasteiger partial charge in [-0.1, -0.05) is 25.1 Å². The molecule has 0 saturated carbocycles. The number of anilines is 1. The van der Waals surface area contributed by atoms with E-state index in [0.717, 1.165) is 12.1 Å². The molecule has 0 radical (unpaired) electrons. The molecule has 4 heteroatoms. The van der Waals surface area contributed by atoms with Gasteiger partial charge in [-0.25, -0.2) is 0 Å². The van der Waals surface area contributed by atoms with E-state index >= 15 is 0 Å². The van der Waals surface area contributed by atoms with Gasteiger partial charge in [0.25, 0.3) is 0 Å². The summed E-state index contributed by atoms with van der Waals surface area (Å²) in [5, 5.41) is 13.3. The number of amides is 1. The van der Waals surface area contributed by atoms with Gasteiger partial charge in [0.05, 0.1) is 24.6 Å². The summed E-state index contributed by atoms with van der Waals surface area (Å²) < 4.78 is 0. The Morgan fingerprint density at radius 2 is 2.21 bits per heavy atom. The van der Waals surface area contributed by atoms with Crippen LogP contribution < -0.4 is 5.32 Å². The predicted molar refractivity (Wildman–Crippen MR) is 73.9 cm³/mol. The van der Waals surface area contributed by atoms with Crippen molar-refractivity contribution in [2.24, 2.45) is 5.92 Å². The van der Waals surface area contributed by atoms with Gasteiger partial charge in [0.1, 0.15) is 0 Å². The predicted octanol–water partition coefficient (Wildman–Crippen LogP) is 1.25. The second kappa shape index (κ2) is 4.53. The van der Waals surface area contributed by atoms with E-state index < -0.39 is 5.60 Å². The molecule has 1 aromatic carbocycles. The van der Waals surface area contributed by atoms with Crippen molar-refractivity contribution < 1.29 is 9.90 Å². The monoisotopic (exact) mass is 260 g/mol. The third-order valence-corrected chi connectivity index (χ3v) is 4.31. The van der Waals surface area contributed by atoms with Crippen LogP contribution in [0.1, 0.15) is 18.9 Å². The third kappa shape index (κ3) is 2.21. The van der Waals surface area contributed by atoms with Crippen molar-refractivity contribution in [3.05, 3.63) is 29.8 Å². The Labute approximate surface area is 113 Å². The number of β-amino-alcohol motifs (C(OH)–C–C–N with tert-alkyl or cyclic N) is 1. The normalized spacial score (nSPS) is 24.1. The average Bonchev–Trinajstić information content (AvgIpc) is 2.42. The maximum absolute atomic E-state index is 12.4. The summed E-state index contributed by atoms with van der Waals surface area (Å²) in [6, 6.07) is 8.13. The van der Waals surface area contributed by atoms with E-state index in [-0.39, 0.29) is 11.8 Å². The maximum Gasteiger partial charge on any atom is 0.228 e. The Morgan fingerprint density at radius 1 is 1.47 bits per heavy atom. The molecule has 2 aliphatic heterocycles. The summed E-state index contributed by atoms with van der Waals surface area (Å²) >= 11 is 0. The molecule has 1 fully saturated rings. The van der Waals surface area contributed by atoms with E-state index in [4.69, 9.17) is 0 Å². The van der Waals surface area contributed by atoms with Crippen molar-refractivity contribution in [2.45, 2.75) is 25.4 Å². The van der Waals surface area contributed by atoms with Gasteiger partial charge in [0.2, 0.25) is 5.91 Å². The Morgan fingerprint density at radius 3 is 2.95 bits per heavy atom. The van der Waals surface area contributed by atoms with Crippen LogP contribution in [0.25, 0.3) is 0 Å². The van der Waals surface area contributed by atoms with E-state index in [2.05, 4.69) is 17.4 Å². The zero-order valence-electron chi connectivity index (χ0n) is 11.2. The number of para-hydroxylation sites is 1. The first-order chi connectivity index (χ1) is 9.11. The Kier molecular flexibility index (Phi) is 2.97. The molecule has 19 heavy (non-hydrogen) atoms. The smallest absolute Gasteiger partial charge is 0.228 e. The van der Waals surface area contributed by atoms with Crippen LogP contribution in [-0.2, 0) is 11.2 Å². The molecule has 1 saturated heterocycles. The lowest BCUT2D eigenvalue weighted by molar-refractivity contribution is -0.159. The number of hydrogen-bond donors (Lipinski definition) is 2. The van der Waals surface area contributed by atoms with E-state index in [1.54, 1.807) is 4.90 Å². The van der Waals surface area contributed by atoms with E-state index in [1.807, 2.05) is 19.1 Å². The van der Waals surface area contributed by atoms with Crippen LogP contribution in [0.3, 0.4) is 0 Å². The summed E-state index contributed by atoms with van der Waals surface area (Å²) in [4.78, 5) is 14.2. The second-order valence-corrected chi connectivity index (χ2v) is 5.71. The molecule has 2 heterocycles. The van der Waals surface area contributed by atoms with Gasteiger partial charge < -0.3 is 15.3 Å². The van der Waals surface area contributed by atoms with Crippen molar-refractivity contribution in [2.75, 3.05) is 25.0 Å². The number of nitrogens with zero attached hydrogens (tertiary/aromatic N) is 1. The van der Waals surface area contributed by atoms with Crippen LogP contribution in [0.5, 0.6) is 0 Å². The molecule has 0 spiro atoms. The minimum absolute atomic E-state index is 0.00342. The molecule has 1 aromatic rings. The number of aliphatic hydroxyl groups is 1. The molecule has 2 aliphatic rings. The molecule has 4 nitrogen and oxygen atoms in total. The van der Waals surface area contributed by atoms with Crippen LogP contribution >= 0.6 is 0 Å². The fourth-order valence-corrected chi connectivity index (χ4v) is 2.92. The van der Waals surface area contributed by atoms with Gasteiger partial charge in [-0.3, -0.25) is 4.79 Å². The zero-order valence-corrected chi connectivity index (χ0v) is 11.2. The number of nitrogens with one attached hydrogen (secondary N) is 1. The molecular weight excluding hydrogens is 240 g/mol. The Balaban J connectivity index is 1.64. The molecule has 1 atom stereocenters. The number of benzene rings is 1. The first kappa shape index (κ1) is 12.5. The highest BCUT2D eigenvalue weighted by Crippen LogP contribution is 2.29. The van der Waals surface area contributed by atoms with Crippen molar-refractivity contribution in [1.82, 2.24) is 4.90 Å². The highest BCUT2D eigenvalue weighted by atomic mass is 16.3. The first-order valence-corrected chi connectivity index (χ1v) is 6.94. The van der Waals surface area contributed by atoms with Crippen LogP contribution in [-0.4, -0.2) is 41.1 Å². The zero-order chi connectivity index (χ0) is 13.5. The van der Waals surface area contributed by atoms with Crippen LogP contribution in [0, 0.1) is 5.92 Å². The van der Waals surface area contributed by atoms with Crippen LogP contribution in [0.4, 0.5) is 5.69 Å². The SMILES string of the molecule is CCC1(O)CN(C(=O)C2CNc3ccccc3C2)C1. The van der Waals surface area contributed by atoms with Crippen LogP contribution in [0.15, 0.2) is 24.3 Å². The van der Waals surface area contributed by atoms with Crippen LogP contribution in [0.2, 0.25) is 0 Å². The molecule has 102 valence electrons. The summed E-state index contributed by atoms with van der Waals surface area (Å²) in [7, 11) is 0. The number of carbonyl (C=O) groups is 1. The van der Waals surface area contributed by atoms with Gasteiger partial charge >= 0.3 is 0 Å². The lowest BCUT2D eigenvalue weighted by atomic mass is 9.87. The Hall–Kier alpha value is -1.55. The number of hydrogen-bond acceptors (Lipinski definition) is 3. The standard InChI is InChI=1S/C15H20N2O2/c1-2-15(19)9-17(10-15)14(18)12-7-11-5-3-4-6-13(11)16-8-12/h3-6,12,16,19H,2,7-10H2,1H3. The summed E-state index contributed by atoms with van der Waals surface area (Å²) in [6.07, 6.45) is 1.51. The van der Waals surface area contributed by atoms with Gasteiger partial charge in [-0.05, 0) is 24.5 Å². The van der Waals surface area contributed by atoms with E-state index in [1.165, 1.54) is 5.56 Å². The topological polar surface area (TPSA) is 52.6 Å². The van der Waals surface area contributed by atoms with Crippen molar-refractivity contribution >= 4 is 11.6 Å². The second-order valence-electron chi connectivity index (χ2n) is 5.71. The fraction of sp³-hybridized carbons (Fsp3) is 0.533. The third-order valence-electron chi connectivity index (χ3n) is 4.31. The maximum atomic E-state index is 12.4. The van der Waals surface area contributed by atoms with E-state index in [0.29, 0.717) is 26.1 Å². The summed E-state index contributed by atoms with van der Waals surface area (Å²) in [6.45, 7) is 3.62. The lowest BCUT2D eigenvalue weighted by Crippen LogP contribution is -2.64. The summed E-state index contributed by atoms with van der Waals surface area (Å²) in [5.41, 5.74) is 1.70. The molecule has 1 unspecified atom stereocenters. The number of rotatable bonds is 2. The molecule has 0 aromatic heterocycles. The number of carbonyl (C=O) groups excluding carboxylic acids is 1. The highest BCUT2D eigenvalue weighted by molar-refractivity contribution is 5.82. The minimum Gasteiger partial charge on any atom is -0.386 e. The quantitative estimate of drug-likeness (QED) is 0.841. The number of likely N-dealkylation sites (tertiary alicyclic amines) is 1. The van der Waals surface area contributed by atoms with Crippen molar-refractivity contribution in [3.8, 4) is 0 Å². The first-order valence-electron chi connectivity index (χ1n) is 6.94. The van der Waals surface area contributed by atoms with Crippen molar-refractivity contribution in [1.29, 1.82) is 0 Å². The van der Waals surface area contributed by atoms with E-state index in [9.17, 15) is 9.90 Å². The largest absolute Gasteiger partial charge is 0.386 e. The average molecular weight is 260 g/mol. The van der Waals surface area contributed by atoms with Gasteiger partial charge in [-0.2, -0.15) is 0 Å². The number of fused-ring (bicyclic) bond motifs is 1. The van der Waals surface area contributed by atoms with Crippen molar-refractivity contribution in [3.63, 3.8) is 0 Å².